The molecule has 1 aromatic carbocycles. The molecule has 1 aromatic heterocycles. The van der Waals surface area contributed by atoms with E-state index in [9.17, 15) is 4.39 Å². The second-order valence-electron chi connectivity index (χ2n) is 3.89. The van der Waals surface area contributed by atoms with E-state index >= 15 is 0 Å². The molecule has 1 N–H and O–H groups in total. The zero-order valence-corrected chi connectivity index (χ0v) is 13.4. The van der Waals surface area contributed by atoms with Crippen LogP contribution in [0.25, 0.3) is 0 Å². The van der Waals surface area contributed by atoms with Gasteiger partial charge in [0.05, 0.1) is 17.9 Å². The van der Waals surface area contributed by atoms with Gasteiger partial charge >= 0.3 is 0 Å². The molecule has 0 saturated carbocycles. The van der Waals surface area contributed by atoms with E-state index in [0.29, 0.717) is 0 Å². The lowest BCUT2D eigenvalue weighted by Gasteiger charge is -2.16. The number of anilines is 1. The Morgan fingerprint density at radius 3 is 2.78 bits per heavy atom. The standard InChI is InChI=1S/C13H11BrFIN2/c1-8(12-5-2-9(15)7-17-12)18-13-6-10(16)3-4-11(13)14/h2-8,18H,1H3. The van der Waals surface area contributed by atoms with Gasteiger partial charge in [-0.25, -0.2) is 4.39 Å². The highest BCUT2D eigenvalue weighted by atomic mass is 127. The van der Waals surface area contributed by atoms with Crippen molar-refractivity contribution >= 4 is 44.2 Å². The molecule has 18 heavy (non-hydrogen) atoms. The fourth-order valence-corrected chi connectivity index (χ4v) is 2.41. The van der Waals surface area contributed by atoms with Crippen LogP contribution in [0.2, 0.25) is 0 Å². The van der Waals surface area contributed by atoms with Crippen LogP contribution in [0.5, 0.6) is 0 Å². The average Bonchev–Trinajstić information content (AvgIpc) is 2.34. The first-order chi connectivity index (χ1) is 8.56. The van der Waals surface area contributed by atoms with E-state index in [4.69, 9.17) is 0 Å². The van der Waals surface area contributed by atoms with Gasteiger partial charge in [-0.3, -0.25) is 4.98 Å². The van der Waals surface area contributed by atoms with Crippen molar-refractivity contribution in [2.75, 3.05) is 5.32 Å². The van der Waals surface area contributed by atoms with Gasteiger partial charge < -0.3 is 5.32 Å². The molecule has 2 rings (SSSR count). The highest BCUT2D eigenvalue weighted by Gasteiger charge is 2.09. The van der Waals surface area contributed by atoms with Crippen molar-refractivity contribution in [3.05, 3.63) is 56.1 Å². The smallest absolute Gasteiger partial charge is 0.141 e. The van der Waals surface area contributed by atoms with E-state index in [1.54, 1.807) is 6.07 Å². The summed E-state index contributed by atoms with van der Waals surface area (Å²) < 4.78 is 15.0. The number of nitrogens with zero attached hydrogens (tertiary/aromatic N) is 1. The van der Waals surface area contributed by atoms with Crippen LogP contribution >= 0.6 is 38.5 Å². The summed E-state index contributed by atoms with van der Waals surface area (Å²) in [4.78, 5) is 4.07. The summed E-state index contributed by atoms with van der Waals surface area (Å²) in [7, 11) is 0. The van der Waals surface area contributed by atoms with Crippen LogP contribution in [0.1, 0.15) is 18.7 Å². The van der Waals surface area contributed by atoms with Crippen molar-refractivity contribution in [3.63, 3.8) is 0 Å². The minimum absolute atomic E-state index is 0.0140. The molecule has 0 aliphatic rings. The zero-order chi connectivity index (χ0) is 13.1. The first-order valence-corrected chi connectivity index (χ1v) is 7.26. The lowest BCUT2D eigenvalue weighted by atomic mass is 10.2. The molecule has 0 spiro atoms. The lowest BCUT2D eigenvalue weighted by molar-refractivity contribution is 0.617. The first kappa shape index (κ1) is 13.7. The fourth-order valence-electron chi connectivity index (χ4n) is 1.56. The van der Waals surface area contributed by atoms with E-state index in [2.05, 4.69) is 48.8 Å². The minimum Gasteiger partial charge on any atom is -0.376 e. The molecule has 1 atom stereocenters. The summed E-state index contributed by atoms with van der Waals surface area (Å²) in [5, 5.41) is 3.35. The van der Waals surface area contributed by atoms with Gasteiger partial charge in [-0.15, -0.1) is 0 Å². The number of pyridine rings is 1. The van der Waals surface area contributed by atoms with Gasteiger partial charge in [0.25, 0.3) is 0 Å². The van der Waals surface area contributed by atoms with E-state index in [1.165, 1.54) is 12.3 Å². The predicted molar refractivity (Wildman–Crippen MR) is 83.1 cm³/mol. The molecule has 0 aliphatic heterocycles. The van der Waals surface area contributed by atoms with Gasteiger partial charge in [0, 0.05) is 13.7 Å². The van der Waals surface area contributed by atoms with E-state index in [1.807, 2.05) is 25.1 Å². The molecule has 0 fully saturated rings. The van der Waals surface area contributed by atoms with Crippen LogP contribution in [0, 0.1) is 9.39 Å². The molecule has 0 radical (unpaired) electrons. The van der Waals surface area contributed by atoms with Crippen molar-refractivity contribution in [1.29, 1.82) is 0 Å². The summed E-state index contributed by atoms with van der Waals surface area (Å²) in [5.74, 6) is -0.318. The Bertz CT molecular complexity index is 545. The van der Waals surface area contributed by atoms with Gasteiger partial charge in [0.15, 0.2) is 0 Å². The Morgan fingerprint density at radius 1 is 1.33 bits per heavy atom. The van der Waals surface area contributed by atoms with Crippen LogP contribution in [0.3, 0.4) is 0 Å². The molecule has 0 bridgehead atoms. The van der Waals surface area contributed by atoms with Gasteiger partial charge in [-0.2, -0.15) is 0 Å². The van der Waals surface area contributed by atoms with Crippen LogP contribution < -0.4 is 5.32 Å². The molecule has 0 amide bonds. The summed E-state index contributed by atoms with van der Waals surface area (Å²) in [6.45, 7) is 1.99. The first-order valence-electron chi connectivity index (χ1n) is 5.39. The summed E-state index contributed by atoms with van der Waals surface area (Å²) in [6.07, 6.45) is 1.23. The molecule has 0 saturated heterocycles. The topological polar surface area (TPSA) is 24.9 Å². The molecule has 0 aliphatic carbocycles. The molecular formula is C13H11BrFIN2. The van der Waals surface area contributed by atoms with Crippen molar-refractivity contribution in [2.45, 2.75) is 13.0 Å². The fraction of sp³-hybridized carbons (Fsp3) is 0.154. The second kappa shape index (κ2) is 5.97. The maximum absolute atomic E-state index is 12.8. The van der Waals surface area contributed by atoms with E-state index < -0.39 is 0 Å². The second-order valence-corrected chi connectivity index (χ2v) is 5.99. The zero-order valence-electron chi connectivity index (χ0n) is 9.62. The van der Waals surface area contributed by atoms with Gasteiger partial charge in [-0.05, 0) is 75.8 Å². The van der Waals surface area contributed by atoms with Crippen molar-refractivity contribution in [1.82, 2.24) is 4.98 Å². The number of halogens is 3. The van der Waals surface area contributed by atoms with Crippen molar-refractivity contribution in [3.8, 4) is 0 Å². The normalized spacial score (nSPS) is 12.2. The Morgan fingerprint density at radius 2 is 2.11 bits per heavy atom. The molecule has 94 valence electrons. The highest BCUT2D eigenvalue weighted by Crippen LogP contribution is 2.27. The Hall–Kier alpha value is -0.690. The number of hydrogen-bond acceptors (Lipinski definition) is 2. The third-order valence-corrected chi connectivity index (χ3v) is 3.86. The SMILES string of the molecule is CC(Nc1cc(I)ccc1Br)c1ccc(F)cn1. The number of aromatic nitrogens is 1. The number of rotatable bonds is 3. The summed E-state index contributed by atoms with van der Waals surface area (Å²) in [6, 6.07) is 9.19. The number of hydrogen-bond donors (Lipinski definition) is 1. The van der Waals surface area contributed by atoms with Crippen molar-refractivity contribution < 1.29 is 4.39 Å². The van der Waals surface area contributed by atoms with Crippen LogP contribution in [-0.2, 0) is 0 Å². The quantitative estimate of drug-likeness (QED) is 0.724. The number of nitrogens with one attached hydrogen (secondary N) is 1. The predicted octanol–water partition coefficient (Wildman–Crippen LogP) is 4.76. The van der Waals surface area contributed by atoms with E-state index in [-0.39, 0.29) is 11.9 Å². The molecule has 2 aromatic rings. The monoisotopic (exact) mass is 420 g/mol. The lowest BCUT2D eigenvalue weighted by Crippen LogP contribution is -2.09. The molecule has 2 nitrogen and oxygen atoms in total. The molecule has 1 unspecified atom stereocenters. The minimum atomic E-state index is -0.318. The molecule has 5 heteroatoms. The average molecular weight is 421 g/mol. The van der Waals surface area contributed by atoms with Gasteiger partial charge in [0.2, 0.25) is 0 Å². The van der Waals surface area contributed by atoms with Gasteiger partial charge in [0.1, 0.15) is 5.82 Å². The van der Waals surface area contributed by atoms with E-state index in [0.717, 1.165) is 19.4 Å². The van der Waals surface area contributed by atoms with Crippen LogP contribution in [0.15, 0.2) is 41.0 Å². The maximum atomic E-state index is 12.8. The molecule has 1 heterocycles. The van der Waals surface area contributed by atoms with Crippen LogP contribution in [0.4, 0.5) is 10.1 Å². The molecular weight excluding hydrogens is 410 g/mol. The summed E-state index contributed by atoms with van der Waals surface area (Å²) >= 11 is 5.76. The Balaban J connectivity index is 2.18. The summed E-state index contributed by atoms with van der Waals surface area (Å²) in [5.41, 5.74) is 1.81. The third-order valence-electron chi connectivity index (χ3n) is 2.49. The Labute approximate surface area is 127 Å². The Kier molecular flexibility index (Phi) is 4.55. The van der Waals surface area contributed by atoms with Crippen molar-refractivity contribution in [2.24, 2.45) is 0 Å². The van der Waals surface area contributed by atoms with Gasteiger partial charge in [-0.1, -0.05) is 0 Å². The maximum Gasteiger partial charge on any atom is 0.141 e. The largest absolute Gasteiger partial charge is 0.376 e. The van der Waals surface area contributed by atoms with Crippen LogP contribution in [-0.4, -0.2) is 4.98 Å². The number of benzene rings is 1. The highest BCUT2D eigenvalue weighted by molar-refractivity contribution is 14.1. The third kappa shape index (κ3) is 3.41.